The lowest BCUT2D eigenvalue weighted by Crippen LogP contribution is -2.35. The molecule has 0 saturated carbocycles. The number of esters is 1. The number of amides is 2. The van der Waals surface area contributed by atoms with Crippen LogP contribution >= 0.6 is 0 Å². The first-order chi connectivity index (χ1) is 11.8. The predicted molar refractivity (Wildman–Crippen MR) is 97.3 cm³/mol. The first kappa shape index (κ1) is 20.7. The van der Waals surface area contributed by atoms with Crippen LogP contribution in [-0.2, 0) is 14.3 Å². The second-order valence-electron chi connectivity index (χ2n) is 6.63. The molecule has 0 aromatic heterocycles. The Morgan fingerprint density at radius 2 is 1.84 bits per heavy atom. The summed E-state index contributed by atoms with van der Waals surface area (Å²) in [5, 5.41) is 5.42. The van der Waals surface area contributed by atoms with Crippen molar-refractivity contribution in [1.29, 1.82) is 0 Å². The van der Waals surface area contributed by atoms with Crippen molar-refractivity contribution >= 4 is 23.5 Å². The second-order valence-corrected chi connectivity index (χ2v) is 6.63. The van der Waals surface area contributed by atoms with Crippen molar-refractivity contribution in [3.05, 3.63) is 29.8 Å². The molecule has 0 heterocycles. The van der Waals surface area contributed by atoms with Crippen LogP contribution in [0.15, 0.2) is 24.3 Å². The second kappa shape index (κ2) is 10.5. The molecule has 1 rings (SSSR count). The van der Waals surface area contributed by atoms with Crippen molar-refractivity contribution in [2.24, 2.45) is 5.92 Å². The minimum absolute atomic E-state index is 0.0491. The van der Waals surface area contributed by atoms with Crippen LogP contribution in [0.1, 0.15) is 57.3 Å². The molecule has 0 aliphatic rings. The van der Waals surface area contributed by atoms with E-state index in [4.69, 9.17) is 4.74 Å². The van der Waals surface area contributed by atoms with Crippen LogP contribution in [0.3, 0.4) is 0 Å². The van der Waals surface area contributed by atoms with Gasteiger partial charge < -0.3 is 15.4 Å². The topological polar surface area (TPSA) is 84.5 Å². The maximum atomic E-state index is 12.0. The number of rotatable bonds is 9. The molecule has 1 aromatic carbocycles. The average Bonchev–Trinajstić information content (AvgIpc) is 2.51. The maximum absolute atomic E-state index is 12.0. The quantitative estimate of drug-likeness (QED) is 0.672. The van der Waals surface area contributed by atoms with Gasteiger partial charge in [0.1, 0.15) is 0 Å². The van der Waals surface area contributed by atoms with Gasteiger partial charge in [-0.3, -0.25) is 9.59 Å². The van der Waals surface area contributed by atoms with Gasteiger partial charge in [-0.05, 0) is 37.5 Å². The van der Waals surface area contributed by atoms with Crippen molar-refractivity contribution in [1.82, 2.24) is 5.32 Å². The third-order valence-electron chi connectivity index (χ3n) is 3.58. The highest BCUT2D eigenvalue weighted by molar-refractivity contribution is 5.94. The summed E-state index contributed by atoms with van der Waals surface area (Å²) >= 11 is 0. The third-order valence-corrected chi connectivity index (χ3v) is 3.58. The van der Waals surface area contributed by atoms with Gasteiger partial charge in [0.05, 0.1) is 5.56 Å². The van der Waals surface area contributed by atoms with Gasteiger partial charge in [0.15, 0.2) is 6.61 Å². The number of ether oxygens (including phenoxy) is 1. The van der Waals surface area contributed by atoms with Gasteiger partial charge in [-0.1, -0.05) is 32.8 Å². The van der Waals surface area contributed by atoms with Crippen LogP contribution in [-0.4, -0.2) is 30.4 Å². The molecule has 0 fully saturated rings. The van der Waals surface area contributed by atoms with E-state index in [-0.39, 0.29) is 30.0 Å². The Balaban J connectivity index is 2.40. The Hall–Kier alpha value is -2.37. The Bertz CT molecular complexity index is 599. The van der Waals surface area contributed by atoms with E-state index in [1.54, 1.807) is 18.2 Å². The minimum atomic E-state index is -0.602. The van der Waals surface area contributed by atoms with E-state index in [0.29, 0.717) is 11.6 Å². The summed E-state index contributed by atoms with van der Waals surface area (Å²) in [5.74, 6) is -0.494. The van der Waals surface area contributed by atoms with E-state index >= 15 is 0 Å². The van der Waals surface area contributed by atoms with Gasteiger partial charge >= 0.3 is 5.97 Å². The molecule has 0 saturated heterocycles. The van der Waals surface area contributed by atoms with E-state index in [0.717, 1.165) is 19.3 Å². The minimum Gasteiger partial charge on any atom is -0.452 e. The first-order valence-electron chi connectivity index (χ1n) is 8.62. The highest BCUT2D eigenvalue weighted by Crippen LogP contribution is 2.12. The smallest absolute Gasteiger partial charge is 0.338 e. The normalized spacial score (nSPS) is 11.7. The summed E-state index contributed by atoms with van der Waals surface area (Å²) in [6.07, 6.45) is 3.07. The zero-order valence-electron chi connectivity index (χ0n) is 15.4. The molecule has 2 N–H and O–H groups in total. The summed E-state index contributed by atoms with van der Waals surface area (Å²) < 4.78 is 5.03. The van der Waals surface area contributed by atoms with E-state index in [1.165, 1.54) is 13.0 Å². The van der Waals surface area contributed by atoms with E-state index < -0.39 is 5.97 Å². The van der Waals surface area contributed by atoms with Crippen molar-refractivity contribution in [2.75, 3.05) is 11.9 Å². The molecule has 6 nitrogen and oxygen atoms in total. The molecule has 0 bridgehead atoms. The van der Waals surface area contributed by atoms with Crippen LogP contribution < -0.4 is 10.6 Å². The van der Waals surface area contributed by atoms with Crippen molar-refractivity contribution < 1.29 is 19.1 Å². The summed E-state index contributed by atoms with van der Waals surface area (Å²) in [4.78, 5) is 34.9. The van der Waals surface area contributed by atoms with Gasteiger partial charge in [-0.15, -0.1) is 0 Å². The number of carbonyl (C=O) groups is 3. The van der Waals surface area contributed by atoms with E-state index in [9.17, 15) is 14.4 Å². The number of anilines is 1. The molecule has 2 amide bonds. The van der Waals surface area contributed by atoms with Crippen LogP contribution in [0.2, 0.25) is 0 Å². The molecule has 138 valence electrons. The van der Waals surface area contributed by atoms with Gasteiger partial charge in [-0.2, -0.15) is 0 Å². The van der Waals surface area contributed by atoms with Gasteiger partial charge in [0.2, 0.25) is 5.91 Å². The summed E-state index contributed by atoms with van der Waals surface area (Å²) in [5.41, 5.74) is 0.786. The van der Waals surface area contributed by atoms with Gasteiger partial charge in [0, 0.05) is 18.7 Å². The molecule has 1 aromatic rings. The molecule has 1 atom stereocenters. The zero-order chi connectivity index (χ0) is 18.8. The van der Waals surface area contributed by atoms with Gasteiger partial charge in [0.25, 0.3) is 5.91 Å². The molecule has 0 radical (unpaired) electrons. The predicted octanol–water partition coefficient (Wildman–Crippen LogP) is 3.13. The maximum Gasteiger partial charge on any atom is 0.338 e. The van der Waals surface area contributed by atoms with E-state index in [2.05, 4.69) is 24.5 Å². The molecule has 0 aliphatic heterocycles. The third kappa shape index (κ3) is 8.88. The summed E-state index contributed by atoms with van der Waals surface area (Å²) in [7, 11) is 0. The van der Waals surface area contributed by atoms with Crippen LogP contribution in [0.5, 0.6) is 0 Å². The van der Waals surface area contributed by atoms with Crippen LogP contribution in [0.25, 0.3) is 0 Å². The molecule has 6 heteroatoms. The average molecular weight is 348 g/mol. The highest BCUT2D eigenvalue weighted by Gasteiger charge is 2.13. The van der Waals surface area contributed by atoms with Crippen LogP contribution in [0, 0.1) is 5.92 Å². The molecular formula is C19H28N2O4. The zero-order valence-corrected chi connectivity index (χ0v) is 15.4. The molecular weight excluding hydrogens is 320 g/mol. The number of hydrogen-bond acceptors (Lipinski definition) is 4. The van der Waals surface area contributed by atoms with E-state index in [1.807, 2.05) is 6.92 Å². The number of carbonyl (C=O) groups excluding carboxylic acids is 3. The largest absolute Gasteiger partial charge is 0.452 e. The monoisotopic (exact) mass is 348 g/mol. The molecule has 25 heavy (non-hydrogen) atoms. The lowest BCUT2D eigenvalue weighted by atomic mass is 10.0. The van der Waals surface area contributed by atoms with Crippen molar-refractivity contribution in [2.45, 2.75) is 53.0 Å². The lowest BCUT2D eigenvalue weighted by Gasteiger charge is -2.14. The standard InChI is InChI=1S/C19H28N2O4/c1-13(2)7-5-8-14(3)20-18(23)12-25-19(24)16-9-6-10-17(11-16)21-15(4)22/h6,9-11,13-14H,5,7-8,12H2,1-4H3,(H,20,23)(H,21,22). The Morgan fingerprint density at radius 3 is 2.48 bits per heavy atom. The van der Waals surface area contributed by atoms with Crippen LogP contribution in [0.4, 0.5) is 5.69 Å². The van der Waals surface area contributed by atoms with Crippen molar-refractivity contribution in [3.63, 3.8) is 0 Å². The fourth-order valence-corrected chi connectivity index (χ4v) is 2.36. The Kier molecular flexibility index (Phi) is 8.67. The fourth-order valence-electron chi connectivity index (χ4n) is 2.36. The SMILES string of the molecule is CC(=O)Nc1cccc(C(=O)OCC(=O)NC(C)CCCC(C)C)c1. The summed E-state index contributed by atoms with van der Waals surface area (Å²) in [6.45, 7) is 7.35. The van der Waals surface area contributed by atoms with Gasteiger partial charge in [-0.25, -0.2) is 4.79 Å². The summed E-state index contributed by atoms with van der Waals surface area (Å²) in [6, 6.07) is 6.44. The van der Waals surface area contributed by atoms with Crippen molar-refractivity contribution in [3.8, 4) is 0 Å². The highest BCUT2D eigenvalue weighted by atomic mass is 16.5. The Labute approximate surface area is 149 Å². The number of nitrogens with one attached hydrogen (secondary N) is 2. The molecule has 1 unspecified atom stereocenters. The number of hydrogen-bond donors (Lipinski definition) is 2. The lowest BCUT2D eigenvalue weighted by molar-refractivity contribution is -0.124. The number of benzene rings is 1. The fraction of sp³-hybridized carbons (Fsp3) is 0.526. The Morgan fingerprint density at radius 1 is 1.12 bits per heavy atom. The first-order valence-corrected chi connectivity index (χ1v) is 8.62. The molecule has 0 spiro atoms. The molecule has 0 aliphatic carbocycles.